The number of aromatic nitrogens is 1. The predicted molar refractivity (Wildman–Crippen MR) is 72.5 cm³/mol. The Bertz CT molecular complexity index is 889. The van der Waals surface area contributed by atoms with Gasteiger partial charge in [0.15, 0.2) is 17.5 Å². The van der Waals surface area contributed by atoms with Gasteiger partial charge in [-0.25, -0.2) is 17.6 Å². The van der Waals surface area contributed by atoms with Gasteiger partial charge in [0.05, 0.1) is 5.69 Å². The van der Waals surface area contributed by atoms with Gasteiger partial charge in [-0.2, -0.15) is 0 Å². The molecule has 0 atom stereocenters. The molecule has 0 aliphatic carbocycles. The van der Waals surface area contributed by atoms with Crippen molar-refractivity contribution in [3.63, 3.8) is 0 Å². The third-order valence-corrected chi connectivity index (χ3v) is 3.11. The van der Waals surface area contributed by atoms with Crippen LogP contribution in [-0.2, 0) is 0 Å². The quantitative estimate of drug-likeness (QED) is 0.546. The SMILES string of the molecule is O=C(Nc1ccc(F)c(F)c1F)c1cc2ccc(F)cc2[nH]1. The summed E-state index contributed by atoms with van der Waals surface area (Å²) in [5.74, 6) is -5.75. The molecular weight excluding hydrogens is 300 g/mol. The number of hydrogen-bond donors (Lipinski definition) is 2. The number of fused-ring (bicyclic) bond motifs is 1. The molecule has 7 heteroatoms. The van der Waals surface area contributed by atoms with Crippen molar-refractivity contribution in [2.75, 3.05) is 5.32 Å². The highest BCUT2D eigenvalue weighted by molar-refractivity contribution is 6.05. The number of halogens is 4. The molecule has 1 amide bonds. The van der Waals surface area contributed by atoms with E-state index in [2.05, 4.69) is 10.3 Å². The first-order chi connectivity index (χ1) is 10.5. The van der Waals surface area contributed by atoms with Crippen molar-refractivity contribution >= 4 is 22.5 Å². The van der Waals surface area contributed by atoms with Crippen LogP contribution in [0.2, 0.25) is 0 Å². The highest BCUT2D eigenvalue weighted by Gasteiger charge is 2.17. The molecule has 1 heterocycles. The van der Waals surface area contributed by atoms with E-state index in [0.29, 0.717) is 17.0 Å². The maximum Gasteiger partial charge on any atom is 0.272 e. The van der Waals surface area contributed by atoms with E-state index in [9.17, 15) is 22.4 Å². The minimum atomic E-state index is -1.67. The number of anilines is 1. The summed E-state index contributed by atoms with van der Waals surface area (Å²) in [6, 6.07) is 6.94. The highest BCUT2D eigenvalue weighted by atomic mass is 19.2. The number of H-pyrrole nitrogens is 1. The van der Waals surface area contributed by atoms with Crippen LogP contribution in [0.4, 0.5) is 23.2 Å². The monoisotopic (exact) mass is 308 g/mol. The molecule has 0 radical (unpaired) electrons. The van der Waals surface area contributed by atoms with Crippen molar-refractivity contribution in [1.82, 2.24) is 4.98 Å². The standard InChI is InChI=1S/C15H8F4N2O/c16-8-2-1-7-5-12(20-11(7)6-8)15(22)21-10-4-3-9(17)13(18)14(10)19/h1-6,20H,(H,21,22). The number of amides is 1. The van der Waals surface area contributed by atoms with E-state index in [-0.39, 0.29) is 5.69 Å². The highest BCUT2D eigenvalue weighted by Crippen LogP contribution is 2.21. The van der Waals surface area contributed by atoms with Crippen LogP contribution in [0.25, 0.3) is 10.9 Å². The first-order valence-corrected chi connectivity index (χ1v) is 6.19. The van der Waals surface area contributed by atoms with Crippen LogP contribution in [0.3, 0.4) is 0 Å². The lowest BCUT2D eigenvalue weighted by atomic mass is 10.2. The summed E-state index contributed by atoms with van der Waals surface area (Å²) in [6.45, 7) is 0. The predicted octanol–water partition coefficient (Wildman–Crippen LogP) is 3.98. The Hall–Kier alpha value is -2.83. The van der Waals surface area contributed by atoms with Crippen LogP contribution in [0.1, 0.15) is 10.5 Å². The summed E-state index contributed by atoms with van der Waals surface area (Å²) < 4.78 is 52.5. The molecular formula is C15H8F4N2O. The molecule has 0 unspecified atom stereocenters. The lowest BCUT2D eigenvalue weighted by molar-refractivity contribution is 0.102. The molecule has 3 aromatic rings. The molecule has 1 aromatic heterocycles. The van der Waals surface area contributed by atoms with Gasteiger partial charge in [0.2, 0.25) is 0 Å². The van der Waals surface area contributed by atoms with Gasteiger partial charge in [0.1, 0.15) is 11.5 Å². The summed E-state index contributed by atoms with van der Waals surface area (Å²) in [5, 5.41) is 2.71. The Labute approximate surface area is 121 Å². The molecule has 2 aromatic carbocycles. The smallest absolute Gasteiger partial charge is 0.272 e. The van der Waals surface area contributed by atoms with Crippen molar-refractivity contribution in [2.45, 2.75) is 0 Å². The summed E-state index contributed by atoms with van der Waals surface area (Å²) in [7, 11) is 0. The Morgan fingerprint density at radius 1 is 0.955 bits per heavy atom. The molecule has 3 rings (SSSR count). The summed E-state index contributed by atoms with van der Waals surface area (Å²) in [5.41, 5.74) is -0.0746. The number of nitrogens with one attached hydrogen (secondary N) is 2. The van der Waals surface area contributed by atoms with E-state index in [0.717, 1.165) is 6.07 Å². The third kappa shape index (κ3) is 2.41. The second-order valence-corrected chi connectivity index (χ2v) is 4.59. The fraction of sp³-hybridized carbons (Fsp3) is 0. The molecule has 112 valence electrons. The molecule has 0 aliphatic rings. The summed E-state index contributed by atoms with van der Waals surface area (Å²) in [4.78, 5) is 14.7. The van der Waals surface area contributed by atoms with Crippen LogP contribution in [0, 0.1) is 23.3 Å². The molecule has 0 fully saturated rings. The Morgan fingerprint density at radius 2 is 1.73 bits per heavy atom. The topological polar surface area (TPSA) is 44.9 Å². The maximum absolute atomic E-state index is 13.5. The van der Waals surface area contributed by atoms with Gasteiger partial charge in [0.25, 0.3) is 5.91 Å². The fourth-order valence-corrected chi connectivity index (χ4v) is 2.03. The molecule has 0 bridgehead atoms. The van der Waals surface area contributed by atoms with Crippen LogP contribution in [0.15, 0.2) is 36.4 Å². The summed E-state index contributed by atoms with van der Waals surface area (Å²) >= 11 is 0. The number of carbonyl (C=O) groups is 1. The van der Waals surface area contributed by atoms with Crippen LogP contribution in [-0.4, -0.2) is 10.9 Å². The lowest BCUT2D eigenvalue weighted by Crippen LogP contribution is -2.14. The van der Waals surface area contributed by atoms with Crippen LogP contribution >= 0.6 is 0 Å². The zero-order valence-electron chi connectivity index (χ0n) is 10.9. The first-order valence-electron chi connectivity index (χ1n) is 6.19. The average molecular weight is 308 g/mol. The zero-order chi connectivity index (χ0) is 15.9. The molecule has 22 heavy (non-hydrogen) atoms. The van der Waals surface area contributed by atoms with E-state index in [4.69, 9.17) is 0 Å². The van der Waals surface area contributed by atoms with Gasteiger partial charge in [-0.1, -0.05) is 0 Å². The molecule has 3 nitrogen and oxygen atoms in total. The molecule has 2 N–H and O–H groups in total. The maximum atomic E-state index is 13.5. The fourth-order valence-electron chi connectivity index (χ4n) is 2.03. The van der Waals surface area contributed by atoms with E-state index in [1.54, 1.807) is 0 Å². The van der Waals surface area contributed by atoms with Gasteiger partial charge in [-0.05, 0) is 36.4 Å². The van der Waals surface area contributed by atoms with Crippen LogP contribution in [0.5, 0.6) is 0 Å². The number of hydrogen-bond acceptors (Lipinski definition) is 1. The van der Waals surface area contributed by atoms with Crippen molar-refractivity contribution in [1.29, 1.82) is 0 Å². The normalized spacial score (nSPS) is 10.9. The van der Waals surface area contributed by atoms with Crippen molar-refractivity contribution in [3.8, 4) is 0 Å². The van der Waals surface area contributed by atoms with Gasteiger partial charge < -0.3 is 10.3 Å². The molecule has 0 spiro atoms. The zero-order valence-corrected chi connectivity index (χ0v) is 10.9. The molecule has 0 saturated carbocycles. The van der Waals surface area contributed by atoms with Gasteiger partial charge in [-0.3, -0.25) is 4.79 Å². The molecule has 0 saturated heterocycles. The number of carbonyl (C=O) groups excluding carboxylic acids is 1. The van der Waals surface area contributed by atoms with Crippen molar-refractivity contribution in [2.24, 2.45) is 0 Å². The number of rotatable bonds is 2. The summed E-state index contributed by atoms with van der Waals surface area (Å²) in [6.07, 6.45) is 0. The Kier molecular flexibility index (Phi) is 3.32. The van der Waals surface area contributed by atoms with Gasteiger partial charge in [0, 0.05) is 10.9 Å². The number of aromatic amines is 1. The van der Waals surface area contributed by atoms with E-state index < -0.39 is 34.9 Å². The van der Waals surface area contributed by atoms with Crippen LogP contribution < -0.4 is 5.32 Å². The largest absolute Gasteiger partial charge is 0.350 e. The van der Waals surface area contributed by atoms with Gasteiger partial charge >= 0.3 is 0 Å². The Balaban J connectivity index is 1.92. The second kappa shape index (κ2) is 5.18. The third-order valence-electron chi connectivity index (χ3n) is 3.11. The second-order valence-electron chi connectivity index (χ2n) is 4.59. The van der Waals surface area contributed by atoms with Gasteiger partial charge in [-0.15, -0.1) is 0 Å². The van der Waals surface area contributed by atoms with E-state index in [1.165, 1.54) is 24.3 Å². The average Bonchev–Trinajstić information content (AvgIpc) is 2.91. The van der Waals surface area contributed by atoms with E-state index in [1.807, 2.05) is 0 Å². The molecule has 0 aliphatic heterocycles. The lowest BCUT2D eigenvalue weighted by Gasteiger charge is -2.06. The number of benzene rings is 2. The van der Waals surface area contributed by atoms with Crippen molar-refractivity contribution in [3.05, 3.63) is 65.4 Å². The van der Waals surface area contributed by atoms with E-state index >= 15 is 0 Å². The minimum Gasteiger partial charge on any atom is -0.350 e. The Morgan fingerprint density at radius 3 is 2.50 bits per heavy atom. The van der Waals surface area contributed by atoms with Crippen molar-refractivity contribution < 1.29 is 22.4 Å². The first kappa shape index (κ1) is 14.1. The minimum absolute atomic E-state index is 0.0322.